The van der Waals surface area contributed by atoms with E-state index in [1.807, 2.05) is 4.90 Å². The molecule has 18 heavy (non-hydrogen) atoms. The van der Waals surface area contributed by atoms with E-state index in [-0.39, 0.29) is 18.5 Å². The van der Waals surface area contributed by atoms with E-state index in [1.54, 1.807) is 18.9 Å². The van der Waals surface area contributed by atoms with Crippen LogP contribution in [0.5, 0.6) is 0 Å². The van der Waals surface area contributed by atoms with E-state index >= 15 is 0 Å². The molecule has 0 spiro atoms. The number of hydrogen-bond donors (Lipinski definition) is 1. The van der Waals surface area contributed by atoms with E-state index in [0.29, 0.717) is 0 Å². The molecule has 0 aromatic heterocycles. The highest BCUT2D eigenvalue weighted by Crippen LogP contribution is 2.06. The third kappa shape index (κ3) is 3.96. The molecule has 1 aliphatic heterocycles. The van der Waals surface area contributed by atoms with Gasteiger partial charge >= 0.3 is 5.97 Å². The molecular weight excluding hydrogens is 234 g/mol. The number of carboxylic acids is 1. The Morgan fingerprint density at radius 1 is 1.28 bits per heavy atom. The highest BCUT2D eigenvalue weighted by molar-refractivity contribution is 5.82. The zero-order valence-corrected chi connectivity index (χ0v) is 11.4. The van der Waals surface area contributed by atoms with Crippen molar-refractivity contribution in [2.75, 3.05) is 46.3 Å². The van der Waals surface area contributed by atoms with Crippen LogP contribution in [0.1, 0.15) is 13.8 Å². The Labute approximate surface area is 108 Å². The Morgan fingerprint density at radius 3 is 2.28 bits per heavy atom. The summed E-state index contributed by atoms with van der Waals surface area (Å²) in [6, 6.07) is -0.380. The number of carbonyl (C=O) groups is 2. The number of piperazine rings is 1. The molecule has 0 aromatic carbocycles. The fourth-order valence-electron chi connectivity index (χ4n) is 2.09. The molecule has 1 N–H and O–H groups in total. The third-order valence-electron chi connectivity index (χ3n) is 3.53. The van der Waals surface area contributed by atoms with Crippen molar-refractivity contribution in [3.05, 3.63) is 0 Å². The van der Waals surface area contributed by atoms with Crippen LogP contribution < -0.4 is 0 Å². The zero-order chi connectivity index (χ0) is 13.7. The van der Waals surface area contributed by atoms with Crippen LogP contribution in [0.3, 0.4) is 0 Å². The number of nitrogens with zero attached hydrogens (tertiary/aromatic N) is 3. The van der Waals surface area contributed by atoms with Gasteiger partial charge in [0, 0.05) is 26.2 Å². The summed E-state index contributed by atoms with van der Waals surface area (Å²) in [5.41, 5.74) is 0. The number of likely N-dealkylation sites (N-methyl/N-ethyl adjacent to an activating group) is 2. The number of aliphatic carboxylic acids is 1. The Balaban J connectivity index is 2.46. The Kier molecular flexibility index (Phi) is 5.55. The van der Waals surface area contributed by atoms with Crippen LogP contribution in [0.2, 0.25) is 0 Å². The second-order valence-electron chi connectivity index (χ2n) is 4.74. The van der Waals surface area contributed by atoms with Crippen LogP contribution in [0, 0.1) is 0 Å². The summed E-state index contributed by atoms with van der Waals surface area (Å²) < 4.78 is 0. The van der Waals surface area contributed by atoms with Crippen molar-refractivity contribution in [2.45, 2.75) is 19.9 Å². The van der Waals surface area contributed by atoms with Crippen molar-refractivity contribution in [1.29, 1.82) is 0 Å². The van der Waals surface area contributed by atoms with Gasteiger partial charge in [-0.1, -0.05) is 6.92 Å². The molecule has 0 saturated carbocycles. The van der Waals surface area contributed by atoms with Crippen LogP contribution in [-0.2, 0) is 9.59 Å². The smallest absolute Gasteiger partial charge is 0.317 e. The second-order valence-corrected chi connectivity index (χ2v) is 4.74. The predicted octanol–water partition coefficient (Wildman–Crippen LogP) is -0.445. The highest BCUT2D eigenvalue weighted by atomic mass is 16.4. The first kappa shape index (κ1) is 14.9. The van der Waals surface area contributed by atoms with Crippen molar-refractivity contribution in [1.82, 2.24) is 14.7 Å². The molecule has 1 rings (SSSR count). The maximum atomic E-state index is 12.2. The van der Waals surface area contributed by atoms with Gasteiger partial charge in [0.1, 0.15) is 0 Å². The first-order valence-electron chi connectivity index (χ1n) is 6.38. The van der Waals surface area contributed by atoms with Crippen LogP contribution in [0.25, 0.3) is 0 Å². The Morgan fingerprint density at radius 2 is 1.83 bits per heavy atom. The molecule has 1 saturated heterocycles. The normalized spacial score (nSPS) is 19.0. The van der Waals surface area contributed by atoms with Crippen molar-refractivity contribution in [3.8, 4) is 0 Å². The standard InChI is InChI=1S/C12H23N3O3/c1-4-14-5-7-15(8-6-14)12(18)10(2)13(3)9-11(16)17/h10H,4-9H2,1-3H3,(H,16,17). The Bertz CT molecular complexity index is 301. The van der Waals surface area contributed by atoms with Crippen LogP contribution in [-0.4, -0.2) is 84.0 Å². The summed E-state index contributed by atoms with van der Waals surface area (Å²) in [4.78, 5) is 28.5. The minimum Gasteiger partial charge on any atom is -0.480 e. The van der Waals surface area contributed by atoms with Crippen molar-refractivity contribution in [2.24, 2.45) is 0 Å². The predicted molar refractivity (Wildman–Crippen MR) is 68.4 cm³/mol. The summed E-state index contributed by atoms with van der Waals surface area (Å²) in [6.07, 6.45) is 0. The lowest BCUT2D eigenvalue weighted by Crippen LogP contribution is -2.54. The highest BCUT2D eigenvalue weighted by Gasteiger charge is 2.27. The van der Waals surface area contributed by atoms with Crippen LogP contribution >= 0.6 is 0 Å². The van der Waals surface area contributed by atoms with Crippen molar-refractivity contribution < 1.29 is 14.7 Å². The number of carbonyl (C=O) groups excluding carboxylic acids is 1. The topological polar surface area (TPSA) is 64.1 Å². The van der Waals surface area contributed by atoms with Crippen molar-refractivity contribution >= 4 is 11.9 Å². The summed E-state index contributed by atoms with van der Waals surface area (Å²) in [6.45, 7) is 8.04. The maximum absolute atomic E-state index is 12.2. The average Bonchev–Trinajstić information content (AvgIpc) is 2.36. The number of amides is 1. The number of rotatable bonds is 5. The lowest BCUT2D eigenvalue weighted by Gasteiger charge is -2.36. The van der Waals surface area contributed by atoms with Gasteiger partial charge in [-0.25, -0.2) is 0 Å². The van der Waals surface area contributed by atoms with Crippen LogP contribution in [0.15, 0.2) is 0 Å². The molecule has 0 aliphatic carbocycles. The number of carboxylic acid groups (broad SMARTS) is 1. The first-order chi connectivity index (χ1) is 8.45. The molecule has 6 heteroatoms. The molecule has 0 radical (unpaired) electrons. The van der Waals surface area contributed by atoms with E-state index in [2.05, 4.69) is 11.8 Å². The summed E-state index contributed by atoms with van der Waals surface area (Å²) in [7, 11) is 1.67. The Hall–Kier alpha value is -1.14. The molecule has 0 aromatic rings. The fraction of sp³-hybridized carbons (Fsp3) is 0.833. The summed E-state index contributed by atoms with van der Waals surface area (Å²) >= 11 is 0. The second kappa shape index (κ2) is 6.70. The van der Waals surface area contributed by atoms with Gasteiger partial charge in [-0.05, 0) is 20.5 Å². The minimum atomic E-state index is -0.909. The molecule has 1 fully saturated rings. The average molecular weight is 257 g/mol. The zero-order valence-electron chi connectivity index (χ0n) is 11.4. The fourth-order valence-corrected chi connectivity index (χ4v) is 2.09. The molecular formula is C12H23N3O3. The van der Waals surface area contributed by atoms with Gasteiger partial charge in [0.2, 0.25) is 5.91 Å². The van der Waals surface area contributed by atoms with Gasteiger partial charge in [-0.15, -0.1) is 0 Å². The molecule has 0 bridgehead atoms. The molecule has 1 heterocycles. The van der Waals surface area contributed by atoms with Gasteiger partial charge < -0.3 is 14.9 Å². The molecule has 104 valence electrons. The molecule has 1 atom stereocenters. The summed E-state index contributed by atoms with van der Waals surface area (Å²) in [5, 5.41) is 8.72. The van der Waals surface area contributed by atoms with Gasteiger partial charge in [-0.3, -0.25) is 14.5 Å². The molecule has 6 nitrogen and oxygen atoms in total. The van der Waals surface area contributed by atoms with Gasteiger partial charge in [-0.2, -0.15) is 0 Å². The lowest BCUT2D eigenvalue weighted by molar-refractivity contribution is -0.142. The van der Waals surface area contributed by atoms with E-state index < -0.39 is 5.97 Å². The van der Waals surface area contributed by atoms with Crippen LogP contribution in [0.4, 0.5) is 0 Å². The van der Waals surface area contributed by atoms with E-state index in [1.165, 1.54) is 0 Å². The van der Waals surface area contributed by atoms with Gasteiger partial charge in [0.05, 0.1) is 12.6 Å². The van der Waals surface area contributed by atoms with Crippen molar-refractivity contribution in [3.63, 3.8) is 0 Å². The van der Waals surface area contributed by atoms with Gasteiger partial charge in [0.25, 0.3) is 0 Å². The third-order valence-corrected chi connectivity index (χ3v) is 3.53. The van der Waals surface area contributed by atoms with E-state index in [4.69, 9.17) is 5.11 Å². The SMILES string of the molecule is CCN1CCN(C(=O)C(C)N(C)CC(=O)O)CC1. The first-order valence-corrected chi connectivity index (χ1v) is 6.38. The summed E-state index contributed by atoms with van der Waals surface area (Å²) in [5.74, 6) is -0.887. The van der Waals surface area contributed by atoms with Gasteiger partial charge in [0.15, 0.2) is 0 Å². The lowest BCUT2D eigenvalue weighted by atomic mass is 10.2. The molecule has 1 aliphatic rings. The van der Waals surface area contributed by atoms with E-state index in [9.17, 15) is 9.59 Å². The maximum Gasteiger partial charge on any atom is 0.317 e. The minimum absolute atomic E-state index is 0.0227. The largest absolute Gasteiger partial charge is 0.480 e. The van der Waals surface area contributed by atoms with E-state index in [0.717, 1.165) is 32.7 Å². The monoisotopic (exact) mass is 257 g/mol. The quantitative estimate of drug-likeness (QED) is 0.723. The molecule has 1 amide bonds. The molecule has 1 unspecified atom stereocenters. The number of hydrogen-bond acceptors (Lipinski definition) is 4.